The highest BCUT2D eigenvalue weighted by atomic mass is 16.1. The molecule has 1 saturated carbocycles. The van der Waals surface area contributed by atoms with E-state index in [0.717, 1.165) is 24.6 Å². The summed E-state index contributed by atoms with van der Waals surface area (Å²) in [6.45, 7) is 2.27. The van der Waals surface area contributed by atoms with Crippen LogP contribution in [0.15, 0.2) is 37.1 Å². The second-order valence-corrected chi connectivity index (χ2v) is 5.81. The molecule has 1 N–H and O–H groups in total. The van der Waals surface area contributed by atoms with Crippen LogP contribution in [0, 0.1) is 5.92 Å². The first-order valence-corrected chi connectivity index (χ1v) is 7.47. The molecule has 0 unspecified atom stereocenters. The van der Waals surface area contributed by atoms with Gasteiger partial charge in [-0.3, -0.25) is 9.36 Å². The number of nitrogens with one attached hydrogen (secondary N) is 1. The number of pyridine rings is 1. The molecule has 110 valence electrons. The number of imidazole rings is 1. The Labute approximate surface area is 124 Å². The van der Waals surface area contributed by atoms with E-state index in [4.69, 9.17) is 0 Å². The number of aromatic nitrogens is 3. The van der Waals surface area contributed by atoms with Crippen molar-refractivity contribution in [1.82, 2.24) is 19.9 Å². The van der Waals surface area contributed by atoms with Crippen LogP contribution in [0.3, 0.4) is 0 Å². The molecule has 0 saturated heterocycles. The fourth-order valence-corrected chi connectivity index (χ4v) is 2.74. The van der Waals surface area contributed by atoms with Crippen molar-refractivity contribution in [2.24, 2.45) is 5.92 Å². The van der Waals surface area contributed by atoms with Crippen LogP contribution >= 0.6 is 0 Å². The first-order valence-electron chi connectivity index (χ1n) is 7.47. The van der Waals surface area contributed by atoms with Gasteiger partial charge in [0.1, 0.15) is 12.1 Å². The van der Waals surface area contributed by atoms with Gasteiger partial charge in [0.25, 0.3) is 5.91 Å². The van der Waals surface area contributed by atoms with Crippen molar-refractivity contribution in [2.75, 3.05) is 0 Å². The zero-order chi connectivity index (χ0) is 14.7. The molecule has 1 fully saturated rings. The highest BCUT2D eigenvalue weighted by Crippen LogP contribution is 2.23. The Balaban J connectivity index is 1.62. The van der Waals surface area contributed by atoms with E-state index in [2.05, 4.69) is 22.2 Å². The summed E-state index contributed by atoms with van der Waals surface area (Å²) in [5.74, 6) is 1.52. The number of hydrogen-bond acceptors (Lipinski definition) is 3. The molecule has 2 aromatic rings. The molecule has 2 heterocycles. The van der Waals surface area contributed by atoms with E-state index in [1.165, 1.54) is 12.8 Å². The van der Waals surface area contributed by atoms with E-state index in [0.29, 0.717) is 11.6 Å². The third-order valence-electron chi connectivity index (χ3n) is 4.13. The fourth-order valence-electron chi connectivity index (χ4n) is 2.74. The largest absolute Gasteiger partial charge is 0.349 e. The molecular formula is C16H20N4O. The van der Waals surface area contributed by atoms with Crippen LogP contribution < -0.4 is 5.32 Å². The van der Waals surface area contributed by atoms with Gasteiger partial charge in [-0.1, -0.05) is 6.92 Å². The highest BCUT2D eigenvalue weighted by molar-refractivity contribution is 5.94. The van der Waals surface area contributed by atoms with Gasteiger partial charge in [-0.25, -0.2) is 9.97 Å². The van der Waals surface area contributed by atoms with Crippen LogP contribution in [-0.2, 0) is 0 Å². The molecule has 1 aliphatic carbocycles. The second-order valence-electron chi connectivity index (χ2n) is 5.81. The lowest BCUT2D eigenvalue weighted by Crippen LogP contribution is -2.37. The first kappa shape index (κ1) is 13.8. The van der Waals surface area contributed by atoms with Crippen molar-refractivity contribution in [3.05, 3.63) is 42.6 Å². The van der Waals surface area contributed by atoms with Crippen LogP contribution in [0.5, 0.6) is 0 Å². The molecule has 5 nitrogen and oxygen atoms in total. The third-order valence-corrected chi connectivity index (χ3v) is 4.13. The van der Waals surface area contributed by atoms with Crippen molar-refractivity contribution in [2.45, 2.75) is 38.6 Å². The summed E-state index contributed by atoms with van der Waals surface area (Å²) in [5, 5.41) is 3.11. The van der Waals surface area contributed by atoms with E-state index in [1.807, 2.05) is 22.9 Å². The lowest BCUT2D eigenvalue weighted by atomic mass is 9.87. The zero-order valence-electron chi connectivity index (χ0n) is 12.2. The van der Waals surface area contributed by atoms with Crippen LogP contribution in [0.2, 0.25) is 0 Å². The fraction of sp³-hybridized carbons (Fsp3) is 0.438. The lowest BCUT2D eigenvalue weighted by Gasteiger charge is -2.26. The Hall–Kier alpha value is -2.17. The third kappa shape index (κ3) is 3.29. The van der Waals surface area contributed by atoms with Crippen LogP contribution in [0.25, 0.3) is 5.82 Å². The van der Waals surface area contributed by atoms with Gasteiger partial charge >= 0.3 is 0 Å². The van der Waals surface area contributed by atoms with Crippen molar-refractivity contribution >= 4 is 5.91 Å². The van der Waals surface area contributed by atoms with Crippen molar-refractivity contribution in [1.29, 1.82) is 0 Å². The van der Waals surface area contributed by atoms with Gasteiger partial charge in [0.05, 0.1) is 5.56 Å². The molecule has 3 rings (SSSR count). The van der Waals surface area contributed by atoms with E-state index < -0.39 is 0 Å². The minimum Gasteiger partial charge on any atom is -0.349 e. The Bertz CT molecular complexity index is 583. The molecule has 21 heavy (non-hydrogen) atoms. The van der Waals surface area contributed by atoms with Crippen LogP contribution in [0.4, 0.5) is 0 Å². The smallest absolute Gasteiger partial charge is 0.253 e. The molecule has 2 aromatic heterocycles. The summed E-state index contributed by atoms with van der Waals surface area (Å²) in [7, 11) is 0. The molecule has 0 aromatic carbocycles. The van der Waals surface area contributed by atoms with Gasteiger partial charge < -0.3 is 5.32 Å². The Morgan fingerprint density at radius 1 is 1.29 bits per heavy atom. The number of carbonyl (C=O) groups is 1. The summed E-state index contributed by atoms with van der Waals surface area (Å²) in [5.41, 5.74) is 0.609. The van der Waals surface area contributed by atoms with Gasteiger partial charge in [-0.2, -0.15) is 0 Å². The molecule has 1 amide bonds. The van der Waals surface area contributed by atoms with Gasteiger partial charge in [-0.05, 0) is 43.7 Å². The first-order chi connectivity index (χ1) is 10.2. The predicted molar refractivity (Wildman–Crippen MR) is 80.2 cm³/mol. The van der Waals surface area contributed by atoms with Gasteiger partial charge in [0, 0.05) is 24.6 Å². The quantitative estimate of drug-likeness (QED) is 0.942. The number of carbonyl (C=O) groups excluding carboxylic acids is 1. The summed E-state index contributed by atoms with van der Waals surface area (Å²) in [4.78, 5) is 20.5. The van der Waals surface area contributed by atoms with Crippen LogP contribution in [-0.4, -0.2) is 26.5 Å². The lowest BCUT2D eigenvalue weighted by molar-refractivity contribution is 0.0922. The van der Waals surface area contributed by atoms with Gasteiger partial charge in [0.2, 0.25) is 0 Å². The molecule has 1 aliphatic rings. The summed E-state index contributed by atoms with van der Waals surface area (Å²) >= 11 is 0. The van der Waals surface area contributed by atoms with E-state index >= 15 is 0 Å². The monoisotopic (exact) mass is 284 g/mol. The standard InChI is InChI=1S/C16H20N4O/c1-12-2-5-14(6-3-12)19-16(21)13-4-7-15(18-10-13)20-9-8-17-11-20/h4,7-12,14H,2-3,5-6H2,1H3,(H,19,21). The van der Waals surface area contributed by atoms with Gasteiger partial charge in [-0.15, -0.1) is 0 Å². The molecule has 0 bridgehead atoms. The Morgan fingerprint density at radius 3 is 2.71 bits per heavy atom. The average Bonchev–Trinajstić information content (AvgIpc) is 3.04. The summed E-state index contributed by atoms with van der Waals surface area (Å²) in [6, 6.07) is 3.95. The maximum atomic E-state index is 12.2. The Kier molecular flexibility index (Phi) is 3.99. The maximum Gasteiger partial charge on any atom is 0.253 e. The minimum atomic E-state index is -0.0285. The van der Waals surface area contributed by atoms with Crippen molar-refractivity contribution in [3.8, 4) is 5.82 Å². The number of amides is 1. The zero-order valence-corrected chi connectivity index (χ0v) is 12.2. The van der Waals surface area contributed by atoms with E-state index in [9.17, 15) is 4.79 Å². The molecule has 0 radical (unpaired) electrons. The molecule has 5 heteroatoms. The summed E-state index contributed by atoms with van der Waals surface area (Å²) < 4.78 is 1.81. The van der Waals surface area contributed by atoms with Crippen LogP contribution in [0.1, 0.15) is 43.0 Å². The highest BCUT2D eigenvalue weighted by Gasteiger charge is 2.20. The maximum absolute atomic E-state index is 12.2. The van der Waals surface area contributed by atoms with Gasteiger partial charge in [0.15, 0.2) is 0 Å². The number of hydrogen-bond donors (Lipinski definition) is 1. The van der Waals surface area contributed by atoms with Crippen molar-refractivity contribution < 1.29 is 4.79 Å². The summed E-state index contributed by atoms with van der Waals surface area (Å²) in [6.07, 6.45) is 11.4. The van der Waals surface area contributed by atoms with E-state index in [1.54, 1.807) is 18.7 Å². The molecule has 0 spiro atoms. The Morgan fingerprint density at radius 2 is 2.10 bits per heavy atom. The minimum absolute atomic E-state index is 0.0285. The SMILES string of the molecule is CC1CCC(NC(=O)c2ccc(-n3ccnc3)nc2)CC1. The molecule has 0 aliphatic heterocycles. The normalized spacial score (nSPS) is 22.0. The van der Waals surface area contributed by atoms with E-state index in [-0.39, 0.29) is 5.91 Å². The molecular weight excluding hydrogens is 264 g/mol. The van der Waals surface area contributed by atoms with Crippen molar-refractivity contribution in [3.63, 3.8) is 0 Å². The topological polar surface area (TPSA) is 59.8 Å². The molecule has 0 atom stereocenters. The predicted octanol–water partition coefficient (Wildman–Crippen LogP) is 2.58. The average molecular weight is 284 g/mol. The number of nitrogens with zero attached hydrogens (tertiary/aromatic N) is 3. The second kappa shape index (κ2) is 6.08. The number of rotatable bonds is 3.